The number of aryl methyl sites for hydroxylation is 1. The second-order valence-corrected chi connectivity index (χ2v) is 5.41. The van der Waals surface area contributed by atoms with E-state index in [0.717, 1.165) is 18.2 Å². The van der Waals surface area contributed by atoms with E-state index in [-0.39, 0.29) is 0 Å². The van der Waals surface area contributed by atoms with Gasteiger partial charge in [0.25, 0.3) is 0 Å². The summed E-state index contributed by atoms with van der Waals surface area (Å²) in [5.41, 5.74) is 7.19. The fourth-order valence-corrected chi connectivity index (χ4v) is 3.32. The SMILES string of the molecule is CCC1CCC(CN)C(c2c(OC)cnn2C)C1. The van der Waals surface area contributed by atoms with Crippen molar-refractivity contribution in [2.75, 3.05) is 13.7 Å². The Bertz CT molecular complexity index is 388. The Morgan fingerprint density at radius 1 is 1.50 bits per heavy atom. The van der Waals surface area contributed by atoms with E-state index < -0.39 is 0 Å². The van der Waals surface area contributed by atoms with Crippen molar-refractivity contribution in [3.8, 4) is 5.75 Å². The molecule has 1 aromatic heterocycles. The third-order valence-electron chi connectivity index (χ3n) is 4.50. The lowest BCUT2D eigenvalue weighted by Crippen LogP contribution is -2.30. The van der Waals surface area contributed by atoms with Crippen molar-refractivity contribution in [3.05, 3.63) is 11.9 Å². The molecule has 1 aliphatic rings. The Kier molecular flexibility index (Phi) is 4.27. The van der Waals surface area contributed by atoms with Gasteiger partial charge in [0.1, 0.15) is 0 Å². The lowest BCUT2D eigenvalue weighted by molar-refractivity contribution is 0.225. The topological polar surface area (TPSA) is 53.1 Å². The van der Waals surface area contributed by atoms with Crippen LogP contribution in [0.25, 0.3) is 0 Å². The number of hydrogen-bond donors (Lipinski definition) is 1. The monoisotopic (exact) mass is 251 g/mol. The predicted octanol–water partition coefficient (Wildman–Crippen LogP) is 2.30. The summed E-state index contributed by atoms with van der Waals surface area (Å²) in [6.45, 7) is 3.04. The molecular weight excluding hydrogens is 226 g/mol. The van der Waals surface area contributed by atoms with E-state index in [4.69, 9.17) is 10.5 Å². The van der Waals surface area contributed by atoms with Crippen molar-refractivity contribution in [1.82, 2.24) is 9.78 Å². The third-order valence-corrected chi connectivity index (χ3v) is 4.50. The van der Waals surface area contributed by atoms with Crippen LogP contribution in [-0.2, 0) is 7.05 Å². The Hall–Kier alpha value is -1.03. The van der Waals surface area contributed by atoms with Gasteiger partial charge in [0.15, 0.2) is 5.75 Å². The van der Waals surface area contributed by atoms with Crippen molar-refractivity contribution in [3.63, 3.8) is 0 Å². The van der Waals surface area contributed by atoms with Gasteiger partial charge in [-0.25, -0.2) is 0 Å². The molecule has 2 rings (SSSR count). The Balaban J connectivity index is 2.29. The number of ether oxygens (including phenoxy) is 1. The summed E-state index contributed by atoms with van der Waals surface area (Å²) in [7, 11) is 3.72. The number of nitrogens with two attached hydrogens (primary N) is 1. The molecule has 0 saturated heterocycles. The number of nitrogens with zero attached hydrogens (tertiary/aromatic N) is 2. The van der Waals surface area contributed by atoms with Crippen molar-refractivity contribution in [1.29, 1.82) is 0 Å². The zero-order valence-corrected chi connectivity index (χ0v) is 11.7. The molecule has 0 spiro atoms. The standard InChI is InChI=1S/C14H25N3O/c1-4-10-5-6-11(8-15)12(7-10)14-13(18-3)9-16-17(14)2/h9-12H,4-8,15H2,1-3H3. The van der Waals surface area contributed by atoms with E-state index in [1.807, 2.05) is 17.9 Å². The normalized spacial score (nSPS) is 28.3. The maximum atomic E-state index is 5.96. The number of aromatic nitrogens is 2. The number of rotatable bonds is 4. The Morgan fingerprint density at radius 3 is 2.89 bits per heavy atom. The minimum Gasteiger partial charge on any atom is -0.493 e. The van der Waals surface area contributed by atoms with Gasteiger partial charge in [-0.2, -0.15) is 5.10 Å². The lowest BCUT2D eigenvalue weighted by Gasteiger charge is -2.35. The molecule has 1 fully saturated rings. The summed E-state index contributed by atoms with van der Waals surface area (Å²) in [5, 5.41) is 4.33. The van der Waals surface area contributed by atoms with Gasteiger partial charge in [-0.3, -0.25) is 4.68 Å². The zero-order valence-electron chi connectivity index (χ0n) is 11.7. The number of methoxy groups -OCH3 is 1. The van der Waals surface area contributed by atoms with Gasteiger partial charge < -0.3 is 10.5 Å². The maximum Gasteiger partial charge on any atom is 0.160 e. The van der Waals surface area contributed by atoms with Crippen molar-refractivity contribution in [2.24, 2.45) is 24.6 Å². The van der Waals surface area contributed by atoms with Gasteiger partial charge in [0, 0.05) is 13.0 Å². The molecule has 1 aliphatic carbocycles. The van der Waals surface area contributed by atoms with E-state index >= 15 is 0 Å². The Morgan fingerprint density at radius 2 is 2.28 bits per heavy atom. The first kappa shape index (κ1) is 13.4. The zero-order chi connectivity index (χ0) is 13.1. The van der Waals surface area contributed by atoms with E-state index in [1.54, 1.807) is 7.11 Å². The van der Waals surface area contributed by atoms with Crippen LogP contribution in [0.15, 0.2) is 6.20 Å². The molecule has 2 N–H and O–H groups in total. The summed E-state index contributed by atoms with van der Waals surface area (Å²) in [5.74, 6) is 2.79. The van der Waals surface area contributed by atoms with Gasteiger partial charge in [0.05, 0.1) is 19.0 Å². The lowest BCUT2D eigenvalue weighted by atomic mass is 9.71. The van der Waals surface area contributed by atoms with Crippen molar-refractivity contribution < 1.29 is 4.74 Å². The van der Waals surface area contributed by atoms with Crippen LogP contribution in [0.2, 0.25) is 0 Å². The molecule has 0 amide bonds. The molecule has 4 nitrogen and oxygen atoms in total. The first-order valence-electron chi connectivity index (χ1n) is 6.97. The van der Waals surface area contributed by atoms with Gasteiger partial charge in [0.2, 0.25) is 0 Å². The molecule has 1 saturated carbocycles. The van der Waals surface area contributed by atoms with Crippen molar-refractivity contribution in [2.45, 2.75) is 38.5 Å². The van der Waals surface area contributed by atoms with Gasteiger partial charge >= 0.3 is 0 Å². The predicted molar refractivity (Wildman–Crippen MR) is 72.7 cm³/mol. The van der Waals surface area contributed by atoms with Crippen LogP contribution < -0.4 is 10.5 Å². The highest BCUT2D eigenvalue weighted by Gasteiger charge is 2.33. The molecule has 3 atom stereocenters. The van der Waals surface area contributed by atoms with E-state index in [0.29, 0.717) is 11.8 Å². The van der Waals surface area contributed by atoms with Crippen molar-refractivity contribution >= 4 is 0 Å². The summed E-state index contributed by atoms with van der Waals surface area (Å²) in [4.78, 5) is 0. The minimum absolute atomic E-state index is 0.496. The van der Waals surface area contributed by atoms with Gasteiger partial charge in [-0.15, -0.1) is 0 Å². The highest BCUT2D eigenvalue weighted by Crippen LogP contribution is 2.43. The highest BCUT2D eigenvalue weighted by atomic mass is 16.5. The second-order valence-electron chi connectivity index (χ2n) is 5.41. The molecule has 0 aromatic carbocycles. The van der Waals surface area contributed by atoms with E-state index in [2.05, 4.69) is 12.0 Å². The summed E-state index contributed by atoms with van der Waals surface area (Å²) in [6.07, 6.45) is 6.84. The van der Waals surface area contributed by atoms with Crippen LogP contribution >= 0.6 is 0 Å². The van der Waals surface area contributed by atoms with E-state index in [9.17, 15) is 0 Å². The molecular formula is C14H25N3O. The third kappa shape index (κ3) is 2.39. The fourth-order valence-electron chi connectivity index (χ4n) is 3.32. The molecule has 1 aromatic rings. The molecule has 18 heavy (non-hydrogen) atoms. The maximum absolute atomic E-state index is 5.96. The largest absolute Gasteiger partial charge is 0.493 e. The summed E-state index contributed by atoms with van der Waals surface area (Å²) >= 11 is 0. The average Bonchev–Trinajstić information content (AvgIpc) is 2.78. The first-order valence-corrected chi connectivity index (χ1v) is 6.97. The van der Waals surface area contributed by atoms with E-state index in [1.165, 1.54) is 31.4 Å². The average molecular weight is 251 g/mol. The van der Waals surface area contributed by atoms with Crippen LogP contribution in [0, 0.1) is 11.8 Å². The van der Waals surface area contributed by atoms with Crippen LogP contribution in [0.5, 0.6) is 5.75 Å². The summed E-state index contributed by atoms with van der Waals surface area (Å²) in [6, 6.07) is 0. The fraction of sp³-hybridized carbons (Fsp3) is 0.786. The minimum atomic E-state index is 0.496. The number of hydrogen-bond acceptors (Lipinski definition) is 3. The quantitative estimate of drug-likeness (QED) is 0.893. The smallest absolute Gasteiger partial charge is 0.160 e. The molecule has 102 valence electrons. The second kappa shape index (κ2) is 5.74. The molecule has 0 radical (unpaired) electrons. The summed E-state index contributed by atoms with van der Waals surface area (Å²) < 4.78 is 7.42. The van der Waals surface area contributed by atoms with Gasteiger partial charge in [-0.1, -0.05) is 19.8 Å². The molecule has 0 bridgehead atoms. The molecule has 3 unspecified atom stereocenters. The molecule has 0 aliphatic heterocycles. The molecule has 1 heterocycles. The van der Waals surface area contributed by atoms with Crippen LogP contribution in [0.3, 0.4) is 0 Å². The van der Waals surface area contributed by atoms with Crippen LogP contribution in [0.4, 0.5) is 0 Å². The van der Waals surface area contributed by atoms with Crippen LogP contribution in [-0.4, -0.2) is 23.4 Å². The van der Waals surface area contributed by atoms with Gasteiger partial charge in [-0.05, 0) is 31.2 Å². The first-order chi connectivity index (χ1) is 8.71. The highest BCUT2D eigenvalue weighted by molar-refractivity contribution is 5.29. The molecule has 4 heteroatoms. The Labute approximate surface area is 110 Å². The van der Waals surface area contributed by atoms with Crippen LogP contribution in [0.1, 0.15) is 44.2 Å².